The Morgan fingerprint density at radius 2 is 1.74 bits per heavy atom. The molecular formula is C29H40F3N7O3S. The average Bonchev–Trinajstić information content (AvgIpc) is 2.93. The number of allylic oxidation sites excluding steroid dienone is 3. The highest BCUT2D eigenvalue weighted by molar-refractivity contribution is 7.90. The predicted octanol–water partition coefficient (Wildman–Crippen LogP) is 2.56. The van der Waals surface area contributed by atoms with Crippen LogP contribution in [-0.4, -0.2) is 66.2 Å². The van der Waals surface area contributed by atoms with Crippen LogP contribution in [0.3, 0.4) is 0 Å². The molecule has 4 aliphatic rings. The second kappa shape index (κ2) is 12.2. The predicted molar refractivity (Wildman–Crippen MR) is 158 cm³/mol. The van der Waals surface area contributed by atoms with Crippen LogP contribution >= 0.6 is 0 Å². The van der Waals surface area contributed by atoms with Crippen LogP contribution in [0.15, 0.2) is 38.5 Å². The maximum absolute atomic E-state index is 15.2. The summed E-state index contributed by atoms with van der Waals surface area (Å²) in [5, 5.41) is 2.47. The molecule has 0 radical (unpaired) electrons. The molecule has 43 heavy (non-hydrogen) atoms. The van der Waals surface area contributed by atoms with Crippen molar-refractivity contribution in [2.24, 2.45) is 9.98 Å². The van der Waals surface area contributed by atoms with E-state index in [1.165, 1.54) is 16.7 Å². The van der Waals surface area contributed by atoms with Crippen molar-refractivity contribution in [3.63, 3.8) is 0 Å². The average molecular weight is 624 g/mol. The summed E-state index contributed by atoms with van der Waals surface area (Å²) < 4.78 is 71.6. The molecule has 1 aromatic heterocycles. The van der Waals surface area contributed by atoms with Crippen LogP contribution < -0.4 is 26.4 Å². The Bertz CT molecular complexity index is 1630. The SMILES string of the molecule is CC(C)n1c2c(nc(=C3C=CC(NS(=O)(=O)C4CCC(F)(F)CC4)=C(F)C3)c1=O)CN=C(NC1CCC(N(C)C)CC1)N=2. The molecule has 0 atom stereocenters. The van der Waals surface area contributed by atoms with Crippen molar-refractivity contribution in [1.82, 2.24) is 24.5 Å². The van der Waals surface area contributed by atoms with Crippen LogP contribution in [0.5, 0.6) is 0 Å². The van der Waals surface area contributed by atoms with Gasteiger partial charge < -0.3 is 10.2 Å². The lowest BCUT2D eigenvalue weighted by Gasteiger charge is -2.33. The van der Waals surface area contributed by atoms with Crippen molar-refractivity contribution in [2.45, 2.75) is 107 Å². The number of hydrogen-bond donors (Lipinski definition) is 2. The first-order chi connectivity index (χ1) is 20.2. The number of fused-ring (bicyclic) bond motifs is 1. The maximum atomic E-state index is 15.2. The standard InChI is InChI=1S/C29H40F3N7O3S/c1-17(2)39-26-24(16-33-28(36-26)34-19-6-8-20(9-7-19)38(3)4)35-25(27(39)40)18-5-10-23(22(30)15-18)37-43(41,42)21-11-13-29(31,32)14-12-21/h5,10,17,19-21,37H,6-9,11-16H2,1-4H3,(H,33,34). The zero-order valence-corrected chi connectivity index (χ0v) is 25.9. The van der Waals surface area contributed by atoms with Gasteiger partial charge in [0.1, 0.15) is 16.9 Å². The smallest absolute Gasteiger partial charge is 0.278 e. The van der Waals surface area contributed by atoms with Gasteiger partial charge in [-0.05, 0) is 78.1 Å². The van der Waals surface area contributed by atoms with Crippen LogP contribution in [-0.2, 0) is 16.6 Å². The minimum Gasteiger partial charge on any atom is -0.352 e. The number of guanidine groups is 1. The summed E-state index contributed by atoms with van der Waals surface area (Å²) in [6.07, 6.45) is 5.08. The molecule has 2 N–H and O–H groups in total. The topological polar surface area (TPSA) is 121 Å². The molecule has 3 aliphatic carbocycles. The minimum atomic E-state index is -4.07. The van der Waals surface area contributed by atoms with E-state index in [1.54, 1.807) is 0 Å². The number of hydrogen-bond acceptors (Lipinski definition) is 8. The van der Waals surface area contributed by atoms with E-state index in [0.29, 0.717) is 28.8 Å². The molecule has 1 aliphatic heterocycles. The summed E-state index contributed by atoms with van der Waals surface area (Å²) in [6.45, 7) is 3.92. The monoisotopic (exact) mass is 623 g/mol. The fraction of sp³-hybridized carbons (Fsp3) is 0.655. The van der Waals surface area contributed by atoms with Crippen molar-refractivity contribution < 1.29 is 21.6 Å². The van der Waals surface area contributed by atoms with Gasteiger partial charge in [0.25, 0.3) is 5.56 Å². The summed E-state index contributed by atoms with van der Waals surface area (Å²) in [7, 11) is 0.128. The van der Waals surface area contributed by atoms with Gasteiger partial charge in [-0.3, -0.25) is 14.1 Å². The largest absolute Gasteiger partial charge is 0.352 e. The van der Waals surface area contributed by atoms with E-state index in [2.05, 4.69) is 44.0 Å². The van der Waals surface area contributed by atoms with Gasteiger partial charge in [-0.1, -0.05) is 6.08 Å². The summed E-state index contributed by atoms with van der Waals surface area (Å²) in [5.74, 6) is -3.19. The molecule has 2 saturated carbocycles. The fourth-order valence-electron chi connectivity index (χ4n) is 6.19. The molecule has 5 rings (SSSR count). The van der Waals surface area contributed by atoms with E-state index in [9.17, 15) is 22.0 Å². The summed E-state index contributed by atoms with van der Waals surface area (Å²) >= 11 is 0. The number of aromatic nitrogens is 2. The molecule has 0 amide bonds. The van der Waals surface area contributed by atoms with Gasteiger partial charge in [0.15, 0.2) is 5.49 Å². The Labute approximate surface area is 249 Å². The van der Waals surface area contributed by atoms with Gasteiger partial charge in [0.2, 0.25) is 21.9 Å². The molecule has 0 spiro atoms. The Balaban J connectivity index is 1.38. The molecule has 2 fully saturated rings. The van der Waals surface area contributed by atoms with E-state index < -0.39 is 45.4 Å². The van der Waals surface area contributed by atoms with Gasteiger partial charge in [-0.15, -0.1) is 0 Å². The van der Waals surface area contributed by atoms with E-state index in [-0.39, 0.29) is 48.9 Å². The molecule has 14 heteroatoms. The number of halogens is 3. The number of aliphatic imine (C=N–C) groups is 1. The molecular weight excluding hydrogens is 583 g/mol. The second-order valence-electron chi connectivity index (χ2n) is 12.4. The lowest BCUT2D eigenvalue weighted by molar-refractivity contribution is -0.0329. The van der Waals surface area contributed by atoms with Crippen LogP contribution in [0.4, 0.5) is 13.2 Å². The Morgan fingerprint density at radius 1 is 1.07 bits per heavy atom. The van der Waals surface area contributed by atoms with E-state index in [1.807, 2.05) is 13.8 Å². The van der Waals surface area contributed by atoms with Gasteiger partial charge >= 0.3 is 0 Å². The molecule has 0 unspecified atom stereocenters. The van der Waals surface area contributed by atoms with Crippen LogP contribution in [0.1, 0.15) is 83.4 Å². The van der Waals surface area contributed by atoms with E-state index >= 15 is 4.39 Å². The first-order valence-corrected chi connectivity index (χ1v) is 16.5. The van der Waals surface area contributed by atoms with Crippen LogP contribution in [0.2, 0.25) is 0 Å². The molecule has 236 valence electrons. The van der Waals surface area contributed by atoms with Crippen molar-refractivity contribution in [3.8, 4) is 0 Å². The Morgan fingerprint density at radius 3 is 2.35 bits per heavy atom. The number of sulfonamides is 1. The lowest BCUT2D eigenvalue weighted by atomic mass is 9.90. The summed E-state index contributed by atoms with van der Waals surface area (Å²) in [5.41, 5.74) is 0.524. The second-order valence-corrected chi connectivity index (χ2v) is 14.4. The van der Waals surface area contributed by atoms with Crippen LogP contribution in [0.25, 0.3) is 5.57 Å². The molecule has 0 saturated heterocycles. The normalized spacial score (nSPS) is 25.8. The van der Waals surface area contributed by atoms with Gasteiger partial charge in [-0.2, -0.15) is 4.99 Å². The number of alkyl halides is 2. The quantitative estimate of drug-likeness (QED) is 0.503. The van der Waals surface area contributed by atoms with Gasteiger partial charge in [0.05, 0.1) is 17.5 Å². The Hall–Kier alpha value is -3.00. The third-order valence-electron chi connectivity index (χ3n) is 8.77. The number of nitrogens with one attached hydrogen (secondary N) is 2. The highest BCUT2D eigenvalue weighted by atomic mass is 32.2. The molecule has 1 aromatic rings. The number of nitrogens with zero attached hydrogens (tertiary/aromatic N) is 5. The zero-order valence-electron chi connectivity index (χ0n) is 25.0. The summed E-state index contributed by atoms with van der Waals surface area (Å²) in [6, 6.07) is 0.545. The minimum absolute atomic E-state index is 0.0547. The third-order valence-corrected chi connectivity index (χ3v) is 10.6. The molecule has 0 aromatic carbocycles. The van der Waals surface area contributed by atoms with Gasteiger partial charge in [0, 0.05) is 37.4 Å². The fourth-order valence-corrected chi connectivity index (χ4v) is 7.69. The van der Waals surface area contributed by atoms with Crippen molar-refractivity contribution >= 4 is 21.6 Å². The molecule has 0 bridgehead atoms. The third kappa shape index (κ3) is 6.89. The molecule has 2 heterocycles. The molecule has 10 nitrogen and oxygen atoms in total. The highest BCUT2D eigenvalue weighted by Gasteiger charge is 2.40. The van der Waals surface area contributed by atoms with Gasteiger partial charge in [-0.25, -0.2) is 31.6 Å². The first kappa shape index (κ1) is 31.4. The van der Waals surface area contributed by atoms with Crippen LogP contribution in [0, 0.1) is 0 Å². The van der Waals surface area contributed by atoms with Crippen molar-refractivity contribution in [1.29, 1.82) is 0 Å². The van der Waals surface area contributed by atoms with E-state index in [0.717, 1.165) is 25.7 Å². The van der Waals surface area contributed by atoms with Crippen molar-refractivity contribution in [3.05, 3.63) is 50.6 Å². The first-order valence-electron chi connectivity index (χ1n) is 14.9. The number of rotatable bonds is 6. The zero-order chi connectivity index (χ0) is 31.1. The van der Waals surface area contributed by atoms with Crippen molar-refractivity contribution in [2.75, 3.05) is 14.1 Å². The lowest BCUT2D eigenvalue weighted by Crippen LogP contribution is -2.51. The Kier molecular flexibility index (Phi) is 8.90. The van der Waals surface area contributed by atoms with E-state index in [4.69, 9.17) is 0 Å². The highest BCUT2D eigenvalue weighted by Crippen LogP contribution is 2.36. The maximum Gasteiger partial charge on any atom is 0.278 e. The summed E-state index contributed by atoms with van der Waals surface area (Å²) in [4.78, 5) is 29.7.